The molecule has 1 aromatic rings. The van der Waals surface area contributed by atoms with E-state index < -0.39 is 0 Å². The van der Waals surface area contributed by atoms with Gasteiger partial charge < -0.3 is 14.5 Å². The Hall–Kier alpha value is -2.08. The predicted octanol–water partition coefficient (Wildman–Crippen LogP) is 1.82. The van der Waals surface area contributed by atoms with Gasteiger partial charge in [0.15, 0.2) is 0 Å². The third-order valence-corrected chi connectivity index (χ3v) is 4.65. The van der Waals surface area contributed by atoms with Crippen LogP contribution in [0.5, 0.6) is 5.75 Å². The smallest absolute Gasteiger partial charge is 0.410 e. The van der Waals surface area contributed by atoms with Crippen molar-refractivity contribution < 1.29 is 14.3 Å². The first kappa shape index (κ1) is 16.8. The molecule has 2 aliphatic rings. The second kappa shape index (κ2) is 8.15. The normalized spacial score (nSPS) is 18.9. The number of carbonyl (C=O) groups excluding carboxylic acids is 2. The lowest BCUT2D eigenvalue weighted by molar-refractivity contribution is -0.127. The first-order valence-corrected chi connectivity index (χ1v) is 8.74. The van der Waals surface area contributed by atoms with Crippen molar-refractivity contribution in [1.29, 1.82) is 0 Å². The Morgan fingerprint density at radius 3 is 2.42 bits per heavy atom. The summed E-state index contributed by atoms with van der Waals surface area (Å²) >= 11 is 0. The molecule has 24 heavy (non-hydrogen) atoms. The third kappa shape index (κ3) is 4.47. The van der Waals surface area contributed by atoms with Crippen LogP contribution < -0.4 is 4.74 Å². The summed E-state index contributed by atoms with van der Waals surface area (Å²) in [6.45, 7) is 5.84. The largest absolute Gasteiger partial charge is 0.415 e. The van der Waals surface area contributed by atoms with Crippen LogP contribution in [0, 0.1) is 0 Å². The SMILES string of the molecule is O=C1CCCN1CCCN1CCN(C(=O)Oc2ccccc2)CC1. The van der Waals surface area contributed by atoms with E-state index >= 15 is 0 Å². The molecule has 3 rings (SSSR count). The molecule has 130 valence electrons. The number of piperazine rings is 1. The van der Waals surface area contributed by atoms with Crippen LogP contribution in [0.3, 0.4) is 0 Å². The second-order valence-electron chi connectivity index (χ2n) is 6.35. The molecule has 0 saturated carbocycles. The van der Waals surface area contributed by atoms with Gasteiger partial charge in [0, 0.05) is 45.7 Å². The number of nitrogens with zero attached hydrogens (tertiary/aromatic N) is 3. The summed E-state index contributed by atoms with van der Waals surface area (Å²) in [6, 6.07) is 9.17. The van der Waals surface area contributed by atoms with Crippen molar-refractivity contribution in [2.24, 2.45) is 0 Å². The Balaban J connectivity index is 1.34. The van der Waals surface area contributed by atoms with Gasteiger partial charge in [-0.3, -0.25) is 9.69 Å². The molecule has 6 nitrogen and oxygen atoms in total. The van der Waals surface area contributed by atoms with Crippen LogP contribution in [0.25, 0.3) is 0 Å². The third-order valence-electron chi connectivity index (χ3n) is 4.65. The fourth-order valence-electron chi connectivity index (χ4n) is 3.23. The Morgan fingerprint density at radius 2 is 1.75 bits per heavy atom. The van der Waals surface area contributed by atoms with E-state index in [1.807, 2.05) is 23.1 Å². The van der Waals surface area contributed by atoms with E-state index in [9.17, 15) is 9.59 Å². The van der Waals surface area contributed by atoms with Crippen LogP contribution in [-0.4, -0.2) is 72.5 Å². The molecule has 0 N–H and O–H groups in total. The van der Waals surface area contributed by atoms with Crippen LogP contribution in [0.1, 0.15) is 19.3 Å². The standard InChI is InChI=1S/C18H25N3O3/c22-17-8-4-10-20(17)11-5-9-19-12-14-21(15-13-19)18(23)24-16-6-2-1-3-7-16/h1-3,6-7H,4-5,8-15H2. The van der Waals surface area contributed by atoms with Crippen molar-refractivity contribution >= 4 is 12.0 Å². The molecule has 2 amide bonds. The number of hydrogen-bond donors (Lipinski definition) is 0. The van der Waals surface area contributed by atoms with E-state index in [0.717, 1.165) is 45.6 Å². The average Bonchev–Trinajstić information content (AvgIpc) is 3.01. The first-order valence-electron chi connectivity index (χ1n) is 8.74. The number of ether oxygens (including phenoxy) is 1. The first-order chi connectivity index (χ1) is 11.7. The van der Waals surface area contributed by atoms with Crippen LogP contribution in [0.4, 0.5) is 4.79 Å². The van der Waals surface area contributed by atoms with Gasteiger partial charge >= 0.3 is 6.09 Å². The van der Waals surface area contributed by atoms with E-state index in [4.69, 9.17) is 4.74 Å². The zero-order valence-corrected chi connectivity index (χ0v) is 14.0. The molecule has 1 aromatic carbocycles. The maximum atomic E-state index is 12.1. The van der Waals surface area contributed by atoms with Crippen molar-refractivity contribution in [3.8, 4) is 5.75 Å². The Morgan fingerprint density at radius 1 is 1.00 bits per heavy atom. The highest BCUT2D eigenvalue weighted by Crippen LogP contribution is 2.13. The molecule has 2 saturated heterocycles. The molecule has 2 fully saturated rings. The highest BCUT2D eigenvalue weighted by Gasteiger charge is 2.23. The number of benzene rings is 1. The fourth-order valence-corrected chi connectivity index (χ4v) is 3.23. The molecular weight excluding hydrogens is 306 g/mol. The fraction of sp³-hybridized carbons (Fsp3) is 0.556. The minimum absolute atomic E-state index is 0.275. The Bertz CT molecular complexity index is 556. The van der Waals surface area contributed by atoms with Crippen molar-refractivity contribution in [3.05, 3.63) is 30.3 Å². The monoisotopic (exact) mass is 331 g/mol. The quantitative estimate of drug-likeness (QED) is 0.826. The minimum atomic E-state index is -0.275. The summed E-state index contributed by atoms with van der Waals surface area (Å²) < 4.78 is 5.37. The zero-order valence-electron chi connectivity index (χ0n) is 14.0. The van der Waals surface area contributed by atoms with Crippen LogP contribution >= 0.6 is 0 Å². The maximum Gasteiger partial charge on any atom is 0.415 e. The van der Waals surface area contributed by atoms with E-state index in [0.29, 0.717) is 31.2 Å². The van der Waals surface area contributed by atoms with Gasteiger partial charge in [0.25, 0.3) is 0 Å². The number of hydrogen-bond acceptors (Lipinski definition) is 4. The second-order valence-corrected chi connectivity index (χ2v) is 6.35. The Kier molecular flexibility index (Phi) is 5.69. The van der Waals surface area contributed by atoms with E-state index in [2.05, 4.69) is 4.90 Å². The van der Waals surface area contributed by atoms with Gasteiger partial charge in [-0.05, 0) is 31.5 Å². The highest BCUT2D eigenvalue weighted by atomic mass is 16.6. The molecule has 0 aromatic heterocycles. The highest BCUT2D eigenvalue weighted by molar-refractivity contribution is 5.78. The van der Waals surface area contributed by atoms with Crippen molar-refractivity contribution in [2.45, 2.75) is 19.3 Å². The van der Waals surface area contributed by atoms with Gasteiger partial charge in [0.2, 0.25) is 5.91 Å². The summed E-state index contributed by atoms with van der Waals surface area (Å²) in [5.74, 6) is 0.878. The number of amides is 2. The summed E-state index contributed by atoms with van der Waals surface area (Å²) in [6.07, 6.45) is 2.44. The number of rotatable bonds is 5. The van der Waals surface area contributed by atoms with Gasteiger partial charge in [-0.25, -0.2) is 4.79 Å². The van der Waals surface area contributed by atoms with Gasteiger partial charge in [0.1, 0.15) is 5.75 Å². The predicted molar refractivity (Wildman–Crippen MR) is 90.9 cm³/mol. The van der Waals surface area contributed by atoms with E-state index in [-0.39, 0.29) is 6.09 Å². The summed E-state index contributed by atoms with van der Waals surface area (Å²) in [4.78, 5) is 29.8. The van der Waals surface area contributed by atoms with Gasteiger partial charge in [0.05, 0.1) is 0 Å². The topological polar surface area (TPSA) is 53.1 Å². The summed E-state index contributed by atoms with van der Waals surface area (Å²) in [5, 5.41) is 0. The van der Waals surface area contributed by atoms with Crippen LogP contribution in [0.2, 0.25) is 0 Å². The van der Waals surface area contributed by atoms with Crippen molar-refractivity contribution in [1.82, 2.24) is 14.7 Å². The van der Waals surface area contributed by atoms with Gasteiger partial charge in [-0.1, -0.05) is 18.2 Å². The number of likely N-dealkylation sites (tertiary alicyclic amines) is 1. The molecule has 0 radical (unpaired) electrons. The lowest BCUT2D eigenvalue weighted by atomic mass is 10.3. The van der Waals surface area contributed by atoms with Crippen molar-refractivity contribution in [2.75, 3.05) is 45.8 Å². The molecule has 6 heteroatoms. The molecule has 2 heterocycles. The average molecular weight is 331 g/mol. The molecule has 0 spiro atoms. The minimum Gasteiger partial charge on any atom is -0.410 e. The molecule has 0 aliphatic carbocycles. The summed E-state index contributed by atoms with van der Waals surface area (Å²) in [7, 11) is 0. The molecule has 2 aliphatic heterocycles. The molecule has 0 atom stereocenters. The molecular formula is C18H25N3O3. The van der Waals surface area contributed by atoms with Gasteiger partial charge in [-0.15, -0.1) is 0 Å². The van der Waals surface area contributed by atoms with Crippen molar-refractivity contribution in [3.63, 3.8) is 0 Å². The number of carbonyl (C=O) groups is 2. The van der Waals surface area contributed by atoms with Crippen LogP contribution in [0.15, 0.2) is 30.3 Å². The lowest BCUT2D eigenvalue weighted by Crippen LogP contribution is -2.50. The molecule has 0 bridgehead atoms. The van der Waals surface area contributed by atoms with Gasteiger partial charge in [-0.2, -0.15) is 0 Å². The summed E-state index contributed by atoms with van der Waals surface area (Å²) in [5.41, 5.74) is 0. The maximum absolute atomic E-state index is 12.1. The Labute approximate surface area is 143 Å². The van der Waals surface area contributed by atoms with E-state index in [1.54, 1.807) is 17.0 Å². The lowest BCUT2D eigenvalue weighted by Gasteiger charge is -2.34. The zero-order chi connectivity index (χ0) is 16.8. The van der Waals surface area contributed by atoms with Crippen LogP contribution in [-0.2, 0) is 4.79 Å². The molecule has 0 unspecified atom stereocenters. The number of para-hydroxylation sites is 1. The van der Waals surface area contributed by atoms with E-state index in [1.165, 1.54) is 0 Å².